The van der Waals surface area contributed by atoms with E-state index in [9.17, 15) is 4.79 Å². The Morgan fingerprint density at radius 1 is 1.06 bits per heavy atom. The van der Waals surface area contributed by atoms with E-state index < -0.39 is 0 Å². The molecule has 0 atom stereocenters. The number of phenols is 1. The Balaban J connectivity index is 2.01. The van der Waals surface area contributed by atoms with Crippen LogP contribution in [0.2, 0.25) is 0 Å². The van der Waals surface area contributed by atoms with E-state index in [2.05, 4.69) is 4.98 Å². The van der Waals surface area contributed by atoms with Crippen LogP contribution in [0.4, 0.5) is 0 Å². The number of rotatable bonds is 4. The smallest absolute Gasteiger partial charge is 0.151 e. The van der Waals surface area contributed by atoms with Gasteiger partial charge in [0, 0.05) is 18.0 Å². The highest BCUT2D eigenvalue weighted by molar-refractivity contribution is 5.74. The highest BCUT2D eigenvalue weighted by Crippen LogP contribution is 2.12. The van der Waals surface area contributed by atoms with Crippen LogP contribution in [0.1, 0.15) is 21.5 Å². The normalized spacial score (nSPS) is 10.1. The van der Waals surface area contributed by atoms with Crippen LogP contribution in [-0.4, -0.2) is 16.4 Å². The van der Waals surface area contributed by atoms with Crippen molar-refractivity contribution in [2.75, 3.05) is 0 Å². The van der Waals surface area contributed by atoms with Crippen LogP contribution < -0.4 is 0 Å². The van der Waals surface area contributed by atoms with Crippen molar-refractivity contribution < 1.29 is 9.90 Å². The van der Waals surface area contributed by atoms with Gasteiger partial charge in [-0.25, -0.2) is 0 Å². The number of aryl methyl sites for hydroxylation is 2. The highest BCUT2D eigenvalue weighted by Gasteiger charge is 1.98. The van der Waals surface area contributed by atoms with Gasteiger partial charge in [-0.2, -0.15) is 0 Å². The minimum absolute atomic E-state index is 0.276. The molecule has 0 spiro atoms. The summed E-state index contributed by atoms with van der Waals surface area (Å²) in [5, 5.41) is 9.16. The van der Waals surface area contributed by atoms with Crippen molar-refractivity contribution in [3.05, 3.63) is 59.4 Å². The first kappa shape index (κ1) is 11.3. The van der Waals surface area contributed by atoms with Gasteiger partial charge in [-0.3, -0.25) is 9.78 Å². The second-order valence-corrected chi connectivity index (χ2v) is 3.91. The maximum atomic E-state index is 10.6. The second kappa shape index (κ2) is 5.25. The topological polar surface area (TPSA) is 50.2 Å². The molecule has 0 saturated carbocycles. The molecule has 1 aromatic heterocycles. The van der Waals surface area contributed by atoms with Crippen LogP contribution in [0.25, 0.3) is 0 Å². The van der Waals surface area contributed by atoms with Crippen LogP contribution in [0.3, 0.4) is 0 Å². The first-order valence-corrected chi connectivity index (χ1v) is 5.45. The first-order chi connectivity index (χ1) is 8.28. The van der Waals surface area contributed by atoms with Crippen LogP contribution >= 0.6 is 0 Å². The van der Waals surface area contributed by atoms with E-state index >= 15 is 0 Å². The Labute approximate surface area is 99.8 Å². The zero-order valence-corrected chi connectivity index (χ0v) is 9.34. The lowest BCUT2D eigenvalue weighted by Gasteiger charge is -2.02. The average Bonchev–Trinajstić information content (AvgIpc) is 2.38. The number of aromatic hydroxyl groups is 1. The van der Waals surface area contributed by atoms with E-state index in [1.807, 2.05) is 18.2 Å². The highest BCUT2D eigenvalue weighted by atomic mass is 16.3. The van der Waals surface area contributed by atoms with Gasteiger partial charge in [0.05, 0.1) is 0 Å². The summed E-state index contributed by atoms with van der Waals surface area (Å²) in [4.78, 5) is 14.6. The van der Waals surface area contributed by atoms with Gasteiger partial charge in [0.2, 0.25) is 0 Å². The number of hydrogen-bond acceptors (Lipinski definition) is 3. The standard InChI is InChI=1S/C14H13NO2/c16-10-13-7-12(8-15-9-13)2-1-11-3-5-14(17)6-4-11/h3-10,17H,1-2H2. The predicted octanol–water partition coefficient (Wildman–Crippen LogP) is 2.38. The molecular formula is C14H13NO2. The number of nitrogens with zero attached hydrogens (tertiary/aromatic N) is 1. The van der Waals surface area contributed by atoms with Gasteiger partial charge >= 0.3 is 0 Å². The number of phenolic OH excluding ortho intramolecular Hbond substituents is 1. The molecule has 0 radical (unpaired) electrons. The first-order valence-electron chi connectivity index (χ1n) is 5.45. The monoisotopic (exact) mass is 227 g/mol. The van der Waals surface area contributed by atoms with E-state index in [-0.39, 0.29) is 5.75 Å². The maximum absolute atomic E-state index is 10.6. The van der Waals surface area contributed by atoms with Crippen LogP contribution in [0, 0.1) is 0 Å². The Kier molecular flexibility index (Phi) is 3.50. The Bertz CT molecular complexity index is 506. The minimum Gasteiger partial charge on any atom is -0.508 e. The van der Waals surface area contributed by atoms with E-state index in [4.69, 9.17) is 5.11 Å². The number of aromatic nitrogens is 1. The van der Waals surface area contributed by atoms with E-state index in [1.165, 1.54) is 0 Å². The molecular weight excluding hydrogens is 214 g/mol. The molecule has 86 valence electrons. The lowest BCUT2D eigenvalue weighted by atomic mass is 10.0. The number of benzene rings is 1. The third-order valence-electron chi connectivity index (χ3n) is 2.59. The summed E-state index contributed by atoms with van der Waals surface area (Å²) in [6.07, 6.45) is 5.82. The van der Waals surface area contributed by atoms with Crippen molar-refractivity contribution >= 4 is 6.29 Å². The van der Waals surface area contributed by atoms with Gasteiger partial charge in [0.1, 0.15) is 5.75 Å². The molecule has 0 aliphatic rings. The SMILES string of the molecule is O=Cc1cncc(CCc2ccc(O)cc2)c1. The van der Waals surface area contributed by atoms with Gasteiger partial charge < -0.3 is 5.11 Å². The van der Waals surface area contributed by atoms with Crippen LogP contribution in [-0.2, 0) is 12.8 Å². The zero-order valence-electron chi connectivity index (χ0n) is 9.34. The van der Waals surface area contributed by atoms with Crippen molar-refractivity contribution in [3.8, 4) is 5.75 Å². The molecule has 0 fully saturated rings. The van der Waals surface area contributed by atoms with Crippen LogP contribution in [0.15, 0.2) is 42.7 Å². The van der Waals surface area contributed by atoms with E-state index in [0.29, 0.717) is 5.56 Å². The van der Waals surface area contributed by atoms with Crippen molar-refractivity contribution in [1.82, 2.24) is 4.98 Å². The average molecular weight is 227 g/mol. The number of hydrogen-bond donors (Lipinski definition) is 1. The Hall–Kier alpha value is -2.16. The molecule has 2 rings (SSSR count). The molecule has 0 saturated heterocycles. The Morgan fingerprint density at radius 3 is 2.47 bits per heavy atom. The third kappa shape index (κ3) is 3.14. The largest absolute Gasteiger partial charge is 0.508 e. The lowest BCUT2D eigenvalue weighted by Crippen LogP contribution is -1.93. The number of carbonyl (C=O) groups excluding carboxylic acids is 1. The summed E-state index contributed by atoms with van der Waals surface area (Å²) in [6, 6.07) is 8.99. The molecule has 1 aromatic carbocycles. The summed E-state index contributed by atoms with van der Waals surface area (Å²) in [5.41, 5.74) is 2.80. The molecule has 0 aliphatic heterocycles. The summed E-state index contributed by atoms with van der Waals surface area (Å²) in [6.45, 7) is 0. The fourth-order valence-corrected chi connectivity index (χ4v) is 1.66. The van der Waals surface area contributed by atoms with E-state index in [1.54, 1.807) is 24.5 Å². The number of aldehydes is 1. The quantitative estimate of drug-likeness (QED) is 0.816. The van der Waals surface area contributed by atoms with Gasteiger partial charge in [-0.1, -0.05) is 12.1 Å². The molecule has 3 heteroatoms. The molecule has 0 aliphatic carbocycles. The fraction of sp³-hybridized carbons (Fsp3) is 0.143. The molecule has 0 bridgehead atoms. The molecule has 17 heavy (non-hydrogen) atoms. The third-order valence-corrected chi connectivity index (χ3v) is 2.59. The molecule has 1 N–H and O–H groups in total. The van der Waals surface area contributed by atoms with Crippen molar-refractivity contribution in [1.29, 1.82) is 0 Å². The van der Waals surface area contributed by atoms with Gasteiger partial charge in [0.15, 0.2) is 6.29 Å². The van der Waals surface area contributed by atoms with Crippen molar-refractivity contribution in [2.24, 2.45) is 0 Å². The van der Waals surface area contributed by atoms with Crippen LogP contribution in [0.5, 0.6) is 5.75 Å². The summed E-state index contributed by atoms with van der Waals surface area (Å²) in [5.74, 6) is 0.276. The summed E-state index contributed by atoms with van der Waals surface area (Å²) < 4.78 is 0. The maximum Gasteiger partial charge on any atom is 0.151 e. The summed E-state index contributed by atoms with van der Waals surface area (Å²) >= 11 is 0. The minimum atomic E-state index is 0.276. The summed E-state index contributed by atoms with van der Waals surface area (Å²) in [7, 11) is 0. The molecule has 1 heterocycles. The number of pyridine rings is 1. The zero-order chi connectivity index (χ0) is 12.1. The molecule has 0 unspecified atom stereocenters. The fourth-order valence-electron chi connectivity index (χ4n) is 1.66. The lowest BCUT2D eigenvalue weighted by molar-refractivity contribution is 0.112. The predicted molar refractivity (Wildman–Crippen MR) is 65.1 cm³/mol. The second-order valence-electron chi connectivity index (χ2n) is 3.91. The van der Waals surface area contributed by atoms with E-state index in [0.717, 1.165) is 30.3 Å². The Morgan fingerprint density at radius 2 is 1.76 bits per heavy atom. The van der Waals surface area contributed by atoms with Gasteiger partial charge in [-0.15, -0.1) is 0 Å². The van der Waals surface area contributed by atoms with Gasteiger partial charge in [0.25, 0.3) is 0 Å². The van der Waals surface area contributed by atoms with Gasteiger partial charge in [-0.05, 0) is 42.2 Å². The number of carbonyl (C=O) groups is 1. The molecule has 3 nitrogen and oxygen atoms in total. The van der Waals surface area contributed by atoms with Crippen molar-refractivity contribution in [2.45, 2.75) is 12.8 Å². The molecule has 2 aromatic rings. The molecule has 0 amide bonds. The van der Waals surface area contributed by atoms with Crippen molar-refractivity contribution in [3.63, 3.8) is 0 Å².